The van der Waals surface area contributed by atoms with Gasteiger partial charge in [-0.05, 0) is 32.6 Å². The minimum atomic E-state index is -0.0521. The molecule has 0 aromatic carbocycles. The molecule has 0 radical (unpaired) electrons. The molecule has 0 heterocycles. The Morgan fingerprint density at radius 2 is 1.81 bits per heavy atom. The van der Waals surface area contributed by atoms with E-state index in [4.69, 9.17) is 0 Å². The summed E-state index contributed by atoms with van der Waals surface area (Å²) in [7, 11) is 0. The van der Waals surface area contributed by atoms with E-state index in [0.717, 1.165) is 12.8 Å². The summed E-state index contributed by atoms with van der Waals surface area (Å²) in [4.78, 5) is 11.9. The Balaban J connectivity index is 2.28. The molecule has 16 heavy (non-hydrogen) atoms. The highest BCUT2D eigenvalue weighted by Crippen LogP contribution is 2.18. The van der Waals surface area contributed by atoms with Crippen molar-refractivity contribution in [2.24, 2.45) is 0 Å². The van der Waals surface area contributed by atoms with Gasteiger partial charge in [-0.15, -0.1) is 0 Å². The standard InChI is InChI=1S/C13H26N2O/c1-4-11(5-2)15-13(16)10(3)14-12-8-6-7-9-12/h10-12,14H,4-9H2,1-3H3,(H,15,16). The Bertz CT molecular complexity index is 208. The average Bonchev–Trinajstić information content (AvgIpc) is 2.78. The molecule has 1 fully saturated rings. The Hall–Kier alpha value is -0.570. The Morgan fingerprint density at radius 1 is 1.25 bits per heavy atom. The number of rotatable bonds is 6. The molecule has 1 aliphatic carbocycles. The number of amides is 1. The van der Waals surface area contributed by atoms with Crippen molar-refractivity contribution in [1.29, 1.82) is 0 Å². The van der Waals surface area contributed by atoms with Crippen molar-refractivity contribution in [3.05, 3.63) is 0 Å². The summed E-state index contributed by atoms with van der Waals surface area (Å²) in [6, 6.07) is 0.839. The quantitative estimate of drug-likeness (QED) is 0.729. The Kier molecular flexibility index (Phi) is 5.81. The minimum Gasteiger partial charge on any atom is -0.352 e. The highest BCUT2D eigenvalue weighted by Gasteiger charge is 2.21. The van der Waals surface area contributed by atoms with Crippen LogP contribution in [0, 0.1) is 0 Å². The van der Waals surface area contributed by atoms with E-state index in [1.54, 1.807) is 0 Å². The molecule has 1 atom stereocenters. The number of carbonyl (C=O) groups excluding carboxylic acids is 1. The summed E-state index contributed by atoms with van der Waals surface area (Å²) >= 11 is 0. The molecule has 1 rings (SSSR count). The van der Waals surface area contributed by atoms with Crippen molar-refractivity contribution in [3.63, 3.8) is 0 Å². The summed E-state index contributed by atoms with van der Waals surface area (Å²) in [5.74, 6) is 0.153. The summed E-state index contributed by atoms with van der Waals surface area (Å²) in [6.07, 6.45) is 7.08. The van der Waals surface area contributed by atoms with Gasteiger partial charge < -0.3 is 10.6 Å². The first kappa shape index (κ1) is 13.5. The zero-order valence-corrected chi connectivity index (χ0v) is 10.9. The van der Waals surface area contributed by atoms with Crippen LogP contribution in [0.1, 0.15) is 59.3 Å². The molecule has 0 saturated heterocycles. The molecule has 0 aliphatic heterocycles. The summed E-state index contributed by atoms with van der Waals surface area (Å²) in [5, 5.41) is 6.51. The van der Waals surface area contributed by atoms with Crippen molar-refractivity contribution < 1.29 is 4.79 Å². The second-order valence-corrected chi connectivity index (χ2v) is 4.89. The molecule has 94 valence electrons. The topological polar surface area (TPSA) is 41.1 Å². The molecule has 1 amide bonds. The predicted molar refractivity (Wildman–Crippen MR) is 67.4 cm³/mol. The first-order valence-corrected chi connectivity index (χ1v) is 6.73. The Morgan fingerprint density at radius 3 is 2.31 bits per heavy atom. The maximum absolute atomic E-state index is 11.9. The van der Waals surface area contributed by atoms with Gasteiger partial charge in [-0.25, -0.2) is 0 Å². The molecule has 0 aromatic rings. The smallest absolute Gasteiger partial charge is 0.237 e. The third-order valence-electron chi connectivity index (χ3n) is 3.57. The fourth-order valence-corrected chi connectivity index (χ4v) is 2.34. The third kappa shape index (κ3) is 4.12. The fourth-order valence-electron chi connectivity index (χ4n) is 2.34. The van der Waals surface area contributed by atoms with Crippen molar-refractivity contribution in [2.45, 2.75) is 77.4 Å². The molecular formula is C13H26N2O. The third-order valence-corrected chi connectivity index (χ3v) is 3.57. The molecule has 1 saturated carbocycles. The lowest BCUT2D eigenvalue weighted by Crippen LogP contribution is -2.48. The van der Waals surface area contributed by atoms with E-state index in [-0.39, 0.29) is 11.9 Å². The zero-order chi connectivity index (χ0) is 12.0. The molecule has 0 spiro atoms. The van der Waals surface area contributed by atoms with Gasteiger partial charge in [-0.2, -0.15) is 0 Å². The normalized spacial score (nSPS) is 19.0. The second kappa shape index (κ2) is 6.89. The summed E-state index contributed by atoms with van der Waals surface area (Å²) in [5.41, 5.74) is 0. The van der Waals surface area contributed by atoms with Gasteiger partial charge in [0.05, 0.1) is 6.04 Å². The van der Waals surface area contributed by atoms with Crippen molar-refractivity contribution in [1.82, 2.24) is 10.6 Å². The number of nitrogens with one attached hydrogen (secondary N) is 2. The summed E-state index contributed by atoms with van der Waals surface area (Å²) < 4.78 is 0. The maximum atomic E-state index is 11.9. The van der Waals surface area contributed by atoms with Gasteiger partial charge in [-0.3, -0.25) is 4.79 Å². The lowest BCUT2D eigenvalue weighted by molar-refractivity contribution is -0.123. The molecule has 3 heteroatoms. The molecule has 3 nitrogen and oxygen atoms in total. The van der Waals surface area contributed by atoms with E-state index >= 15 is 0 Å². The van der Waals surface area contributed by atoms with Gasteiger partial charge in [0.25, 0.3) is 0 Å². The van der Waals surface area contributed by atoms with Gasteiger partial charge in [0.1, 0.15) is 0 Å². The van der Waals surface area contributed by atoms with Crippen molar-refractivity contribution >= 4 is 5.91 Å². The monoisotopic (exact) mass is 226 g/mol. The van der Waals surface area contributed by atoms with E-state index in [9.17, 15) is 4.79 Å². The molecule has 0 aromatic heterocycles. The number of hydrogen-bond acceptors (Lipinski definition) is 2. The lowest BCUT2D eigenvalue weighted by atomic mass is 10.1. The van der Waals surface area contributed by atoms with Crippen LogP contribution in [0.5, 0.6) is 0 Å². The van der Waals surface area contributed by atoms with Crippen LogP contribution in [0.25, 0.3) is 0 Å². The lowest BCUT2D eigenvalue weighted by Gasteiger charge is -2.22. The zero-order valence-electron chi connectivity index (χ0n) is 10.9. The van der Waals surface area contributed by atoms with Crippen LogP contribution in [0.15, 0.2) is 0 Å². The van der Waals surface area contributed by atoms with E-state index in [1.165, 1.54) is 25.7 Å². The predicted octanol–water partition coefficient (Wildman–Crippen LogP) is 2.21. The van der Waals surface area contributed by atoms with E-state index < -0.39 is 0 Å². The highest BCUT2D eigenvalue weighted by molar-refractivity contribution is 5.81. The Labute approximate surface area is 99.4 Å². The van der Waals surface area contributed by atoms with Crippen LogP contribution in [0.2, 0.25) is 0 Å². The maximum Gasteiger partial charge on any atom is 0.237 e. The van der Waals surface area contributed by atoms with Gasteiger partial charge in [-0.1, -0.05) is 26.7 Å². The van der Waals surface area contributed by atoms with Crippen LogP contribution in [-0.4, -0.2) is 24.0 Å². The first-order chi connectivity index (χ1) is 7.67. The van der Waals surface area contributed by atoms with Gasteiger partial charge in [0.2, 0.25) is 5.91 Å². The van der Waals surface area contributed by atoms with Crippen molar-refractivity contribution in [3.8, 4) is 0 Å². The second-order valence-electron chi connectivity index (χ2n) is 4.89. The van der Waals surface area contributed by atoms with E-state index in [2.05, 4.69) is 24.5 Å². The van der Waals surface area contributed by atoms with Gasteiger partial charge >= 0.3 is 0 Å². The van der Waals surface area contributed by atoms with Crippen LogP contribution in [-0.2, 0) is 4.79 Å². The molecule has 1 unspecified atom stereocenters. The van der Waals surface area contributed by atoms with Crippen LogP contribution < -0.4 is 10.6 Å². The number of hydrogen-bond donors (Lipinski definition) is 2. The fraction of sp³-hybridized carbons (Fsp3) is 0.923. The molecule has 0 bridgehead atoms. The van der Waals surface area contributed by atoms with Gasteiger partial charge in [0.15, 0.2) is 0 Å². The number of carbonyl (C=O) groups is 1. The summed E-state index contributed by atoms with van der Waals surface area (Å²) in [6.45, 7) is 6.20. The van der Waals surface area contributed by atoms with Crippen molar-refractivity contribution in [2.75, 3.05) is 0 Å². The minimum absolute atomic E-state index is 0.0521. The molecule has 2 N–H and O–H groups in total. The average molecular weight is 226 g/mol. The van der Waals surface area contributed by atoms with E-state index in [1.807, 2.05) is 6.92 Å². The van der Waals surface area contributed by atoms with Crippen LogP contribution in [0.3, 0.4) is 0 Å². The van der Waals surface area contributed by atoms with Crippen LogP contribution in [0.4, 0.5) is 0 Å². The van der Waals surface area contributed by atoms with E-state index in [0.29, 0.717) is 12.1 Å². The van der Waals surface area contributed by atoms with Crippen LogP contribution >= 0.6 is 0 Å². The highest BCUT2D eigenvalue weighted by atomic mass is 16.2. The molecular weight excluding hydrogens is 200 g/mol. The largest absolute Gasteiger partial charge is 0.352 e. The first-order valence-electron chi connectivity index (χ1n) is 6.73. The van der Waals surface area contributed by atoms with Gasteiger partial charge in [0, 0.05) is 12.1 Å². The molecule has 1 aliphatic rings. The SMILES string of the molecule is CCC(CC)NC(=O)C(C)NC1CCCC1.